The number of carbonyl (C=O) groups is 2. The molecule has 1 aromatic rings. The second-order valence-corrected chi connectivity index (χ2v) is 4.83. The standard InChI is InChI=1S/C13H13ClFNO3/c14-11-8(4-3-5-9(11)15)12(17)16-7-2-1-6-10(16)13(18)19/h3-5,10H,1-2,6-7H2,(H,18,19). The molecule has 4 nitrogen and oxygen atoms in total. The molecule has 1 N–H and O–H groups in total. The normalized spacial score (nSPS) is 19.3. The van der Waals surface area contributed by atoms with Gasteiger partial charge in [-0.3, -0.25) is 4.79 Å². The number of benzene rings is 1. The van der Waals surface area contributed by atoms with Crippen molar-refractivity contribution in [3.63, 3.8) is 0 Å². The molecule has 1 aromatic carbocycles. The number of rotatable bonds is 2. The average molecular weight is 286 g/mol. The van der Waals surface area contributed by atoms with Crippen molar-refractivity contribution in [1.82, 2.24) is 4.90 Å². The average Bonchev–Trinajstić information content (AvgIpc) is 2.41. The molecule has 2 rings (SSSR count). The van der Waals surface area contributed by atoms with Gasteiger partial charge in [0.15, 0.2) is 0 Å². The molecule has 0 radical (unpaired) electrons. The minimum atomic E-state index is -1.04. The topological polar surface area (TPSA) is 57.6 Å². The van der Waals surface area contributed by atoms with Gasteiger partial charge < -0.3 is 10.0 Å². The maximum atomic E-state index is 13.3. The number of hydrogen-bond donors (Lipinski definition) is 1. The Hall–Kier alpha value is -1.62. The van der Waals surface area contributed by atoms with Crippen molar-refractivity contribution in [2.75, 3.05) is 6.54 Å². The summed E-state index contributed by atoms with van der Waals surface area (Å²) >= 11 is 5.76. The first kappa shape index (κ1) is 13.8. The molecule has 0 bridgehead atoms. The third-order valence-electron chi connectivity index (χ3n) is 3.23. The second-order valence-electron chi connectivity index (χ2n) is 4.45. The highest BCUT2D eigenvalue weighted by Gasteiger charge is 2.33. The summed E-state index contributed by atoms with van der Waals surface area (Å²) in [5.74, 6) is -2.26. The first-order valence-electron chi connectivity index (χ1n) is 6.00. The zero-order valence-corrected chi connectivity index (χ0v) is 10.9. The highest BCUT2D eigenvalue weighted by atomic mass is 35.5. The van der Waals surface area contributed by atoms with Crippen molar-refractivity contribution in [1.29, 1.82) is 0 Å². The van der Waals surface area contributed by atoms with Crippen LogP contribution in [-0.2, 0) is 4.79 Å². The van der Waals surface area contributed by atoms with Crippen molar-refractivity contribution in [2.24, 2.45) is 0 Å². The van der Waals surface area contributed by atoms with E-state index in [4.69, 9.17) is 16.7 Å². The fourth-order valence-electron chi connectivity index (χ4n) is 2.26. The van der Waals surface area contributed by atoms with Crippen LogP contribution in [0.5, 0.6) is 0 Å². The molecular weight excluding hydrogens is 273 g/mol. The first-order chi connectivity index (χ1) is 9.02. The number of aliphatic carboxylic acids is 1. The summed E-state index contributed by atoms with van der Waals surface area (Å²) in [6.45, 7) is 0.350. The second kappa shape index (κ2) is 5.57. The number of hydrogen-bond acceptors (Lipinski definition) is 2. The lowest BCUT2D eigenvalue weighted by Crippen LogP contribution is -2.48. The van der Waals surface area contributed by atoms with Crippen LogP contribution in [-0.4, -0.2) is 34.5 Å². The lowest BCUT2D eigenvalue weighted by Gasteiger charge is -2.33. The van der Waals surface area contributed by atoms with Crippen molar-refractivity contribution < 1.29 is 19.1 Å². The van der Waals surface area contributed by atoms with E-state index in [1.54, 1.807) is 0 Å². The van der Waals surface area contributed by atoms with Crippen LogP contribution in [0.15, 0.2) is 18.2 Å². The maximum Gasteiger partial charge on any atom is 0.326 e. The maximum absolute atomic E-state index is 13.3. The Morgan fingerprint density at radius 2 is 2.11 bits per heavy atom. The van der Waals surface area contributed by atoms with E-state index < -0.39 is 23.7 Å². The smallest absolute Gasteiger partial charge is 0.326 e. The van der Waals surface area contributed by atoms with Crippen LogP contribution in [0.4, 0.5) is 4.39 Å². The Labute approximate surface area is 114 Å². The molecule has 1 unspecified atom stereocenters. The summed E-state index contributed by atoms with van der Waals surface area (Å²) in [5, 5.41) is 8.87. The third-order valence-corrected chi connectivity index (χ3v) is 3.61. The minimum Gasteiger partial charge on any atom is -0.480 e. The Morgan fingerprint density at radius 1 is 1.37 bits per heavy atom. The minimum absolute atomic E-state index is 0.00909. The van der Waals surface area contributed by atoms with Gasteiger partial charge in [0.1, 0.15) is 11.9 Å². The van der Waals surface area contributed by atoms with E-state index in [9.17, 15) is 14.0 Å². The SMILES string of the molecule is O=C(O)C1CCCCN1C(=O)c1cccc(F)c1Cl. The summed E-state index contributed by atoms with van der Waals surface area (Å²) < 4.78 is 13.3. The van der Waals surface area contributed by atoms with Crippen molar-refractivity contribution in [3.05, 3.63) is 34.6 Å². The van der Waals surface area contributed by atoms with Gasteiger partial charge in [-0.05, 0) is 31.4 Å². The van der Waals surface area contributed by atoms with Crippen LogP contribution in [0.2, 0.25) is 5.02 Å². The largest absolute Gasteiger partial charge is 0.480 e. The van der Waals surface area contributed by atoms with Gasteiger partial charge in [0, 0.05) is 6.54 Å². The van der Waals surface area contributed by atoms with Crippen LogP contribution >= 0.6 is 11.6 Å². The molecule has 1 fully saturated rings. The fourth-order valence-corrected chi connectivity index (χ4v) is 2.46. The first-order valence-corrected chi connectivity index (χ1v) is 6.38. The Balaban J connectivity index is 2.31. The number of carbonyl (C=O) groups excluding carboxylic acids is 1. The van der Waals surface area contributed by atoms with E-state index in [0.29, 0.717) is 13.0 Å². The van der Waals surface area contributed by atoms with Gasteiger partial charge in [-0.25, -0.2) is 9.18 Å². The van der Waals surface area contributed by atoms with Gasteiger partial charge in [-0.15, -0.1) is 0 Å². The molecule has 1 saturated heterocycles. The van der Waals surface area contributed by atoms with Gasteiger partial charge >= 0.3 is 5.97 Å². The summed E-state index contributed by atoms with van der Waals surface area (Å²) in [7, 11) is 0. The molecule has 6 heteroatoms. The number of likely N-dealkylation sites (tertiary alicyclic amines) is 1. The molecule has 102 valence electrons. The van der Waals surface area contributed by atoms with Gasteiger partial charge in [-0.1, -0.05) is 17.7 Å². The van der Waals surface area contributed by atoms with E-state index in [2.05, 4.69) is 0 Å². The van der Waals surface area contributed by atoms with E-state index in [0.717, 1.165) is 18.9 Å². The van der Waals surface area contributed by atoms with E-state index in [1.165, 1.54) is 17.0 Å². The van der Waals surface area contributed by atoms with Crippen molar-refractivity contribution in [3.8, 4) is 0 Å². The predicted octanol–water partition coefficient (Wildman–Crippen LogP) is 2.56. The summed E-state index contributed by atoms with van der Waals surface area (Å²) in [5.41, 5.74) is 0.00909. The summed E-state index contributed by atoms with van der Waals surface area (Å²) in [4.78, 5) is 24.7. The third kappa shape index (κ3) is 2.71. The Kier molecular flexibility index (Phi) is 4.04. The number of carboxylic acids is 1. The van der Waals surface area contributed by atoms with Crippen LogP contribution in [0.1, 0.15) is 29.6 Å². The molecule has 1 aliphatic rings. The van der Waals surface area contributed by atoms with Gasteiger partial charge in [0.05, 0.1) is 10.6 Å². The number of amides is 1. The summed E-state index contributed by atoms with van der Waals surface area (Å²) in [6, 6.07) is 3.08. The predicted molar refractivity (Wildman–Crippen MR) is 67.7 cm³/mol. The van der Waals surface area contributed by atoms with E-state index >= 15 is 0 Å². The van der Waals surface area contributed by atoms with Gasteiger partial charge in [0.2, 0.25) is 0 Å². The Bertz CT molecular complexity index is 521. The van der Waals surface area contributed by atoms with E-state index in [-0.39, 0.29) is 10.6 Å². The lowest BCUT2D eigenvalue weighted by molar-refractivity contribution is -0.143. The molecule has 1 heterocycles. The molecule has 0 saturated carbocycles. The number of halogens is 2. The molecule has 1 amide bonds. The van der Waals surface area contributed by atoms with Crippen molar-refractivity contribution in [2.45, 2.75) is 25.3 Å². The van der Waals surface area contributed by atoms with Crippen LogP contribution in [0, 0.1) is 5.82 Å². The van der Waals surface area contributed by atoms with Crippen LogP contribution in [0.25, 0.3) is 0 Å². The van der Waals surface area contributed by atoms with E-state index in [1.807, 2.05) is 0 Å². The molecule has 0 spiro atoms. The van der Waals surface area contributed by atoms with Crippen molar-refractivity contribution >= 4 is 23.5 Å². The quantitative estimate of drug-likeness (QED) is 0.908. The number of piperidine rings is 1. The zero-order chi connectivity index (χ0) is 14.0. The summed E-state index contributed by atoms with van der Waals surface area (Å²) in [6.07, 6.45) is 1.91. The number of carboxylic acid groups (broad SMARTS) is 1. The molecule has 1 aliphatic heterocycles. The van der Waals surface area contributed by atoms with Crippen LogP contribution < -0.4 is 0 Å². The molecule has 0 aromatic heterocycles. The highest BCUT2D eigenvalue weighted by Crippen LogP contribution is 2.25. The molecule has 19 heavy (non-hydrogen) atoms. The number of nitrogens with zero attached hydrogens (tertiary/aromatic N) is 1. The Morgan fingerprint density at radius 3 is 2.79 bits per heavy atom. The highest BCUT2D eigenvalue weighted by molar-refractivity contribution is 6.34. The zero-order valence-electron chi connectivity index (χ0n) is 10.1. The molecule has 0 aliphatic carbocycles. The van der Waals surface area contributed by atoms with Gasteiger partial charge in [0.25, 0.3) is 5.91 Å². The monoisotopic (exact) mass is 285 g/mol. The lowest BCUT2D eigenvalue weighted by atomic mass is 10.0. The van der Waals surface area contributed by atoms with Crippen LogP contribution in [0.3, 0.4) is 0 Å². The van der Waals surface area contributed by atoms with Gasteiger partial charge in [-0.2, -0.15) is 0 Å². The molecule has 1 atom stereocenters. The fraction of sp³-hybridized carbons (Fsp3) is 0.385. The molecular formula is C13H13ClFNO3.